The Labute approximate surface area is 53.7 Å². The first-order valence-electron chi connectivity index (χ1n) is 3.16. The van der Waals surface area contributed by atoms with Gasteiger partial charge in [-0.1, -0.05) is 13.3 Å². The van der Waals surface area contributed by atoms with E-state index in [0.29, 0.717) is 14.9 Å². The molecule has 1 nitrogen and oxygen atoms in total. The molecule has 1 atom stereocenters. The van der Waals surface area contributed by atoms with Crippen molar-refractivity contribution in [1.29, 1.82) is 0 Å². The van der Waals surface area contributed by atoms with Crippen LogP contribution < -0.4 is 0 Å². The lowest BCUT2D eigenvalue weighted by Crippen LogP contribution is -1.93. The van der Waals surface area contributed by atoms with Crippen molar-refractivity contribution in [2.45, 2.75) is 33.3 Å². The summed E-state index contributed by atoms with van der Waals surface area (Å²) in [5, 5.41) is 0. The largest absolute Gasteiger partial charge is 0.360 e. The van der Waals surface area contributed by atoms with E-state index in [1.807, 2.05) is 0 Å². The van der Waals surface area contributed by atoms with Crippen LogP contribution in [0.1, 0.15) is 27.2 Å². The highest BCUT2D eigenvalue weighted by Gasteiger charge is 1.89. The molecule has 8 heavy (non-hydrogen) atoms. The van der Waals surface area contributed by atoms with E-state index in [-0.39, 0.29) is 0 Å². The third-order valence-corrected chi connectivity index (χ3v) is 2.01. The second kappa shape index (κ2) is 5.53. The van der Waals surface area contributed by atoms with Crippen molar-refractivity contribution >= 4 is 8.81 Å². The maximum Gasteiger partial charge on any atom is 0.0558 e. The minimum Gasteiger partial charge on any atom is -0.360 e. The molecule has 0 aliphatic heterocycles. The molecule has 0 spiro atoms. The SMILES string of the molecule is CCCPOC(C)C. The van der Waals surface area contributed by atoms with Gasteiger partial charge < -0.3 is 4.52 Å². The predicted octanol–water partition coefficient (Wildman–Crippen LogP) is 2.41. The van der Waals surface area contributed by atoms with Crippen LogP contribution in [-0.2, 0) is 4.52 Å². The Bertz CT molecular complexity index is 45.8. The molecule has 0 saturated heterocycles. The van der Waals surface area contributed by atoms with E-state index in [2.05, 4.69) is 20.8 Å². The summed E-state index contributed by atoms with van der Waals surface area (Å²) in [5.41, 5.74) is 0. The summed E-state index contributed by atoms with van der Waals surface area (Å²) in [6, 6.07) is 0. The van der Waals surface area contributed by atoms with Crippen molar-refractivity contribution in [2.24, 2.45) is 0 Å². The lowest BCUT2D eigenvalue weighted by Gasteiger charge is -2.04. The van der Waals surface area contributed by atoms with Crippen LogP contribution in [0.5, 0.6) is 0 Å². The Hall–Kier alpha value is 0.390. The van der Waals surface area contributed by atoms with Crippen molar-refractivity contribution in [2.75, 3.05) is 6.16 Å². The fourth-order valence-corrected chi connectivity index (χ4v) is 0.983. The van der Waals surface area contributed by atoms with Crippen molar-refractivity contribution in [1.82, 2.24) is 0 Å². The average molecular weight is 134 g/mol. The standard InChI is InChI=1S/C6H15OP/c1-4-5-8-7-6(2)3/h6,8H,4-5H2,1-3H3. The third kappa shape index (κ3) is 6.39. The first-order chi connectivity index (χ1) is 3.77. The van der Waals surface area contributed by atoms with Gasteiger partial charge in [-0.25, -0.2) is 0 Å². The minimum atomic E-state index is 0.417. The quantitative estimate of drug-likeness (QED) is 0.423. The predicted molar refractivity (Wildman–Crippen MR) is 39.7 cm³/mol. The number of rotatable bonds is 4. The first kappa shape index (κ1) is 8.39. The Kier molecular flexibility index (Phi) is 5.79. The molecule has 0 bridgehead atoms. The lowest BCUT2D eigenvalue weighted by atomic mass is 10.5. The van der Waals surface area contributed by atoms with E-state index in [1.165, 1.54) is 12.6 Å². The molecule has 0 aliphatic rings. The van der Waals surface area contributed by atoms with E-state index in [9.17, 15) is 0 Å². The average Bonchev–Trinajstić information content (AvgIpc) is 1.66. The Morgan fingerprint density at radius 2 is 2.12 bits per heavy atom. The Morgan fingerprint density at radius 1 is 1.50 bits per heavy atom. The summed E-state index contributed by atoms with van der Waals surface area (Å²) in [6.07, 6.45) is 2.88. The highest BCUT2D eigenvalue weighted by Crippen LogP contribution is 2.14. The van der Waals surface area contributed by atoms with Crippen LogP contribution in [0.25, 0.3) is 0 Å². The van der Waals surface area contributed by atoms with Crippen LogP contribution in [0.2, 0.25) is 0 Å². The molecule has 0 N–H and O–H groups in total. The van der Waals surface area contributed by atoms with Crippen molar-refractivity contribution in [3.05, 3.63) is 0 Å². The second-order valence-corrected chi connectivity index (χ2v) is 3.09. The molecule has 0 aromatic rings. The topological polar surface area (TPSA) is 9.23 Å². The zero-order valence-electron chi connectivity index (χ0n) is 5.90. The van der Waals surface area contributed by atoms with Gasteiger partial charge in [0.25, 0.3) is 0 Å². The molecule has 0 aliphatic carbocycles. The summed E-state index contributed by atoms with van der Waals surface area (Å²) in [5.74, 6) is 0. The van der Waals surface area contributed by atoms with E-state index < -0.39 is 0 Å². The van der Waals surface area contributed by atoms with Gasteiger partial charge in [-0.15, -0.1) is 0 Å². The summed E-state index contributed by atoms with van der Waals surface area (Å²) in [7, 11) is 0.713. The molecule has 0 fully saturated rings. The highest BCUT2D eigenvalue weighted by atomic mass is 31.1. The Morgan fingerprint density at radius 3 is 2.50 bits per heavy atom. The minimum absolute atomic E-state index is 0.417. The molecule has 50 valence electrons. The zero-order chi connectivity index (χ0) is 6.41. The van der Waals surface area contributed by atoms with Crippen LogP contribution in [0.3, 0.4) is 0 Å². The first-order valence-corrected chi connectivity index (χ1v) is 4.27. The van der Waals surface area contributed by atoms with E-state index in [4.69, 9.17) is 4.52 Å². The van der Waals surface area contributed by atoms with E-state index >= 15 is 0 Å². The van der Waals surface area contributed by atoms with Gasteiger partial charge in [0.05, 0.1) is 6.10 Å². The van der Waals surface area contributed by atoms with Crippen LogP contribution in [0.15, 0.2) is 0 Å². The summed E-state index contributed by atoms with van der Waals surface area (Å²) in [6.45, 7) is 6.32. The number of hydrogen-bond acceptors (Lipinski definition) is 1. The van der Waals surface area contributed by atoms with E-state index in [1.54, 1.807) is 0 Å². The highest BCUT2D eigenvalue weighted by molar-refractivity contribution is 7.32. The molecule has 2 heteroatoms. The van der Waals surface area contributed by atoms with Crippen LogP contribution in [0.4, 0.5) is 0 Å². The maximum atomic E-state index is 5.31. The molecule has 0 aromatic heterocycles. The molecular weight excluding hydrogens is 119 g/mol. The molecule has 0 rings (SSSR count). The van der Waals surface area contributed by atoms with Gasteiger partial charge >= 0.3 is 0 Å². The summed E-state index contributed by atoms with van der Waals surface area (Å²) < 4.78 is 5.31. The van der Waals surface area contributed by atoms with Crippen molar-refractivity contribution < 1.29 is 4.52 Å². The van der Waals surface area contributed by atoms with Gasteiger partial charge in [-0.2, -0.15) is 0 Å². The lowest BCUT2D eigenvalue weighted by molar-refractivity contribution is 0.279. The molecule has 0 saturated carbocycles. The van der Waals surface area contributed by atoms with Gasteiger partial charge in [0.1, 0.15) is 0 Å². The fraction of sp³-hybridized carbons (Fsp3) is 1.00. The Balaban J connectivity index is 2.72. The van der Waals surface area contributed by atoms with Gasteiger partial charge in [0.2, 0.25) is 0 Å². The van der Waals surface area contributed by atoms with Gasteiger partial charge in [0, 0.05) is 8.81 Å². The fourth-order valence-electron chi connectivity index (χ4n) is 0.328. The second-order valence-electron chi connectivity index (χ2n) is 2.06. The van der Waals surface area contributed by atoms with Gasteiger partial charge in [0.15, 0.2) is 0 Å². The summed E-state index contributed by atoms with van der Waals surface area (Å²) >= 11 is 0. The molecule has 0 amide bonds. The van der Waals surface area contributed by atoms with Crippen LogP contribution >= 0.6 is 8.81 Å². The molecule has 0 aromatic carbocycles. The van der Waals surface area contributed by atoms with Crippen LogP contribution in [0, 0.1) is 0 Å². The monoisotopic (exact) mass is 134 g/mol. The van der Waals surface area contributed by atoms with Crippen molar-refractivity contribution in [3.63, 3.8) is 0 Å². The van der Waals surface area contributed by atoms with Crippen molar-refractivity contribution in [3.8, 4) is 0 Å². The van der Waals surface area contributed by atoms with Gasteiger partial charge in [-0.05, 0) is 20.0 Å². The maximum absolute atomic E-state index is 5.31. The molecule has 0 heterocycles. The van der Waals surface area contributed by atoms with E-state index in [0.717, 1.165) is 0 Å². The zero-order valence-corrected chi connectivity index (χ0v) is 6.90. The molecule has 1 unspecified atom stereocenters. The molecular formula is C6H15OP. The number of hydrogen-bond donors (Lipinski definition) is 0. The van der Waals surface area contributed by atoms with Crippen LogP contribution in [-0.4, -0.2) is 12.3 Å². The summed E-state index contributed by atoms with van der Waals surface area (Å²) in [4.78, 5) is 0. The van der Waals surface area contributed by atoms with Gasteiger partial charge in [-0.3, -0.25) is 0 Å². The molecule has 0 radical (unpaired) electrons. The third-order valence-electron chi connectivity index (χ3n) is 0.671. The smallest absolute Gasteiger partial charge is 0.0558 e. The normalized spacial score (nSPS) is 12.0.